The highest BCUT2D eigenvalue weighted by molar-refractivity contribution is 7.89. The Bertz CT molecular complexity index is 1600. The van der Waals surface area contributed by atoms with Crippen molar-refractivity contribution < 1.29 is 27.5 Å². The van der Waals surface area contributed by atoms with Gasteiger partial charge in [-0.05, 0) is 71.8 Å². The van der Waals surface area contributed by atoms with E-state index in [1.165, 1.54) is 18.3 Å². The zero-order valence-electron chi connectivity index (χ0n) is 22.8. The number of rotatable bonds is 13. The maximum absolute atomic E-state index is 13.3. The molecular weight excluding hydrogens is 556 g/mol. The van der Waals surface area contributed by atoms with Crippen molar-refractivity contribution in [3.8, 4) is 11.5 Å². The highest BCUT2D eigenvalue weighted by Crippen LogP contribution is 2.18. The third kappa shape index (κ3) is 8.75. The molecule has 0 heterocycles. The lowest BCUT2D eigenvalue weighted by molar-refractivity contribution is -0.121. The fourth-order valence-electron chi connectivity index (χ4n) is 3.80. The number of hydrogen-bond donors (Lipinski definition) is 2. The maximum atomic E-state index is 13.3. The molecule has 216 valence electrons. The van der Waals surface area contributed by atoms with Crippen molar-refractivity contribution in [2.45, 2.75) is 11.4 Å². The van der Waals surface area contributed by atoms with E-state index in [9.17, 15) is 18.0 Å². The zero-order valence-corrected chi connectivity index (χ0v) is 23.7. The summed E-state index contributed by atoms with van der Waals surface area (Å²) in [6.45, 7) is -0.579. The Hall–Kier alpha value is -5.00. The van der Waals surface area contributed by atoms with Gasteiger partial charge in [0.1, 0.15) is 11.5 Å². The first-order chi connectivity index (χ1) is 20.3. The van der Waals surface area contributed by atoms with Crippen LogP contribution in [-0.4, -0.2) is 51.0 Å². The van der Waals surface area contributed by atoms with Crippen molar-refractivity contribution in [1.29, 1.82) is 0 Å². The largest absolute Gasteiger partial charge is 0.497 e. The number of carbonyl (C=O) groups excluding carboxylic acids is 2. The molecular formula is C31H30N4O6S. The molecule has 0 spiro atoms. The summed E-state index contributed by atoms with van der Waals surface area (Å²) >= 11 is 0. The Morgan fingerprint density at radius 2 is 1.43 bits per heavy atom. The van der Waals surface area contributed by atoms with Crippen LogP contribution in [0.5, 0.6) is 11.5 Å². The number of hydrogen-bond acceptors (Lipinski definition) is 7. The summed E-state index contributed by atoms with van der Waals surface area (Å²) in [4.78, 5) is 24.9. The van der Waals surface area contributed by atoms with Crippen LogP contribution in [0, 0.1) is 0 Å². The van der Waals surface area contributed by atoms with Gasteiger partial charge in [-0.25, -0.2) is 13.8 Å². The monoisotopic (exact) mass is 586 g/mol. The first kappa shape index (κ1) is 30.0. The topological polar surface area (TPSA) is 126 Å². The smallest absolute Gasteiger partial charge is 0.262 e. The summed E-state index contributed by atoms with van der Waals surface area (Å²) in [6.07, 6.45) is 1.42. The number of anilines is 1. The molecule has 0 saturated carbocycles. The number of sulfonamides is 1. The molecule has 0 aliphatic heterocycles. The third-order valence-corrected chi connectivity index (χ3v) is 7.74. The average molecular weight is 587 g/mol. The van der Waals surface area contributed by atoms with E-state index in [4.69, 9.17) is 9.47 Å². The quantitative estimate of drug-likeness (QED) is 0.180. The molecule has 42 heavy (non-hydrogen) atoms. The van der Waals surface area contributed by atoms with Gasteiger partial charge in [-0.2, -0.15) is 9.41 Å². The van der Waals surface area contributed by atoms with Gasteiger partial charge in [0.2, 0.25) is 10.0 Å². The van der Waals surface area contributed by atoms with E-state index in [1.54, 1.807) is 98.1 Å². The molecule has 0 radical (unpaired) electrons. The van der Waals surface area contributed by atoms with E-state index >= 15 is 0 Å². The van der Waals surface area contributed by atoms with Crippen LogP contribution in [0.15, 0.2) is 119 Å². The Kier molecular flexibility index (Phi) is 10.4. The molecule has 0 saturated heterocycles. The van der Waals surface area contributed by atoms with Gasteiger partial charge in [-0.15, -0.1) is 0 Å². The van der Waals surface area contributed by atoms with Crippen LogP contribution < -0.4 is 20.2 Å². The molecule has 2 N–H and O–H groups in total. The van der Waals surface area contributed by atoms with Crippen LogP contribution in [-0.2, 0) is 26.2 Å². The zero-order chi connectivity index (χ0) is 29.8. The second kappa shape index (κ2) is 14.6. The van der Waals surface area contributed by atoms with E-state index in [2.05, 4.69) is 15.8 Å². The van der Waals surface area contributed by atoms with Crippen molar-refractivity contribution in [1.82, 2.24) is 9.73 Å². The highest BCUT2D eigenvalue weighted by Gasteiger charge is 2.26. The van der Waals surface area contributed by atoms with Gasteiger partial charge < -0.3 is 14.8 Å². The minimum Gasteiger partial charge on any atom is -0.497 e. The SMILES string of the molecule is COc1ccc(NC(=O)COc2ccc(/C=N/NC(=O)CN(Cc3ccccc3)S(=O)(=O)c3ccccc3)cc2)cc1. The maximum Gasteiger partial charge on any atom is 0.262 e. The minimum atomic E-state index is -3.94. The predicted molar refractivity (Wildman–Crippen MR) is 160 cm³/mol. The first-order valence-electron chi connectivity index (χ1n) is 12.9. The number of nitrogens with one attached hydrogen (secondary N) is 2. The molecule has 0 bridgehead atoms. The summed E-state index contributed by atoms with van der Waals surface area (Å²) in [6, 6.07) is 30.7. The van der Waals surface area contributed by atoms with E-state index in [1.807, 2.05) is 6.07 Å². The fourth-order valence-corrected chi connectivity index (χ4v) is 5.20. The fraction of sp³-hybridized carbons (Fsp3) is 0.129. The van der Waals surface area contributed by atoms with Crippen LogP contribution >= 0.6 is 0 Å². The Balaban J connectivity index is 1.30. The van der Waals surface area contributed by atoms with Crippen LogP contribution in [0.4, 0.5) is 5.69 Å². The molecule has 0 aromatic heterocycles. The number of benzene rings is 4. The van der Waals surface area contributed by atoms with E-state index in [0.717, 1.165) is 9.87 Å². The van der Waals surface area contributed by atoms with Crippen molar-refractivity contribution >= 4 is 33.7 Å². The van der Waals surface area contributed by atoms with Crippen molar-refractivity contribution in [2.24, 2.45) is 5.10 Å². The van der Waals surface area contributed by atoms with Crippen molar-refractivity contribution in [2.75, 3.05) is 25.6 Å². The molecule has 0 fully saturated rings. The van der Waals surface area contributed by atoms with Gasteiger partial charge in [0.15, 0.2) is 6.61 Å². The van der Waals surface area contributed by atoms with Gasteiger partial charge in [0.05, 0.1) is 24.8 Å². The molecule has 0 unspecified atom stereocenters. The molecule has 2 amide bonds. The van der Waals surface area contributed by atoms with Gasteiger partial charge in [0, 0.05) is 12.2 Å². The highest BCUT2D eigenvalue weighted by atomic mass is 32.2. The van der Waals surface area contributed by atoms with Crippen LogP contribution in [0.1, 0.15) is 11.1 Å². The van der Waals surface area contributed by atoms with E-state index < -0.39 is 22.5 Å². The van der Waals surface area contributed by atoms with Crippen molar-refractivity contribution in [3.05, 3.63) is 120 Å². The number of methoxy groups -OCH3 is 1. The van der Waals surface area contributed by atoms with Crippen LogP contribution in [0.25, 0.3) is 0 Å². The first-order valence-corrected chi connectivity index (χ1v) is 14.4. The summed E-state index contributed by atoms with van der Waals surface area (Å²) in [5.41, 5.74) is 4.41. The standard InChI is InChI=1S/C31H30N4O6S/c1-40-27-18-14-26(15-19-27)33-31(37)23-41-28-16-12-24(13-17-28)20-32-34-30(36)22-35(21-25-8-4-2-5-9-25)42(38,39)29-10-6-3-7-11-29/h2-20H,21-23H2,1H3,(H,33,37)(H,34,36)/b32-20+. The van der Waals surface area contributed by atoms with Gasteiger partial charge in [0.25, 0.3) is 11.8 Å². The number of carbonyl (C=O) groups is 2. The number of hydrazone groups is 1. The molecule has 0 aliphatic carbocycles. The number of nitrogens with zero attached hydrogens (tertiary/aromatic N) is 2. The van der Waals surface area contributed by atoms with Crippen LogP contribution in [0.3, 0.4) is 0 Å². The Morgan fingerprint density at radius 3 is 2.07 bits per heavy atom. The van der Waals surface area contributed by atoms with E-state index in [-0.39, 0.29) is 24.0 Å². The van der Waals surface area contributed by atoms with Gasteiger partial charge in [-0.1, -0.05) is 48.5 Å². The number of ether oxygens (including phenoxy) is 2. The second-order valence-electron chi connectivity index (χ2n) is 9.00. The molecule has 4 rings (SSSR count). The Morgan fingerprint density at radius 1 is 0.810 bits per heavy atom. The molecule has 4 aromatic rings. The molecule has 0 atom stereocenters. The third-order valence-electron chi connectivity index (χ3n) is 5.93. The molecule has 10 nitrogen and oxygen atoms in total. The number of amides is 2. The lowest BCUT2D eigenvalue weighted by Crippen LogP contribution is -2.39. The predicted octanol–water partition coefficient (Wildman–Crippen LogP) is 4.05. The summed E-state index contributed by atoms with van der Waals surface area (Å²) in [5.74, 6) is 0.255. The minimum absolute atomic E-state index is 0.0226. The normalized spacial score (nSPS) is 11.3. The summed E-state index contributed by atoms with van der Waals surface area (Å²) < 4.78 is 38.3. The second-order valence-corrected chi connectivity index (χ2v) is 10.9. The van der Waals surface area contributed by atoms with Gasteiger partial charge >= 0.3 is 0 Å². The molecule has 11 heteroatoms. The summed E-state index contributed by atoms with van der Waals surface area (Å²) in [5, 5.41) is 6.70. The lowest BCUT2D eigenvalue weighted by atomic mass is 10.2. The Labute approximate surface area is 244 Å². The van der Waals surface area contributed by atoms with Crippen LogP contribution in [0.2, 0.25) is 0 Å². The van der Waals surface area contributed by atoms with E-state index in [0.29, 0.717) is 22.7 Å². The molecule has 0 aliphatic rings. The summed E-state index contributed by atoms with van der Waals surface area (Å²) in [7, 11) is -2.37. The lowest BCUT2D eigenvalue weighted by Gasteiger charge is -2.21. The molecule has 4 aromatic carbocycles. The average Bonchev–Trinajstić information content (AvgIpc) is 3.01. The van der Waals surface area contributed by atoms with Crippen molar-refractivity contribution in [3.63, 3.8) is 0 Å². The van der Waals surface area contributed by atoms with Gasteiger partial charge in [-0.3, -0.25) is 9.59 Å².